The largest absolute Gasteiger partial charge is 0.321 e. The highest BCUT2D eigenvalue weighted by molar-refractivity contribution is 7.98. The monoisotopic (exact) mass is 161 g/mol. The number of thioether (sulfide) groups is 1. The molecule has 60 valence electrons. The van der Waals surface area contributed by atoms with Gasteiger partial charge in [0.25, 0.3) is 0 Å². The number of Topliss-reactive ketones (excluding diaryl/α,β-unsaturated/α-hetero) is 1. The fourth-order valence-electron chi connectivity index (χ4n) is 0.668. The molecular weight excluding hydrogens is 146 g/mol. The van der Waals surface area contributed by atoms with E-state index in [4.69, 9.17) is 5.73 Å². The van der Waals surface area contributed by atoms with Gasteiger partial charge in [0.1, 0.15) is 5.78 Å². The maximum Gasteiger partial charge on any atom is 0.149 e. The van der Waals surface area contributed by atoms with E-state index in [1.54, 1.807) is 11.8 Å². The standard InChI is InChI=1S/C7H15NOS/c1-3-7(9)6(8)4-5-10-2/h6H,3-5,8H2,1-2H3/t6-/m1/s1. The predicted octanol–water partition coefficient (Wildman–Crippen LogP) is 1.05. The summed E-state index contributed by atoms with van der Waals surface area (Å²) in [6.07, 6.45) is 3.40. The van der Waals surface area contributed by atoms with Crippen molar-refractivity contribution in [1.29, 1.82) is 0 Å². The third kappa shape index (κ3) is 3.90. The van der Waals surface area contributed by atoms with Gasteiger partial charge in [-0.2, -0.15) is 11.8 Å². The summed E-state index contributed by atoms with van der Waals surface area (Å²) >= 11 is 1.73. The molecule has 0 bridgehead atoms. The van der Waals surface area contributed by atoms with Crippen LogP contribution in [0.1, 0.15) is 19.8 Å². The minimum Gasteiger partial charge on any atom is -0.321 e. The van der Waals surface area contributed by atoms with Gasteiger partial charge in [0, 0.05) is 6.42 Å². The highest BCUT2D eigenvalue weighted by Crippen LogP contribution is 2.00. The van der Waals surface area contributed by atoms with Crippen molar-refractivity contribution in [3.05, 3.63) is 0 Å². The summed E-state index contributed by atoms with van der Waals surface area (Å²) in [6.45, 7) is 1.85. The van der Waals surface area contributed by atoms with Crippen molar-refractivity contribution in [3.8, 4) is 0 Å². The molecule has 0 aromatic heterocycles. The van der Waals surface area contributed by atoms with Crippen molar-refractivity contribution in [1.82, 2.24) is 0 Å². The van der Waals surface area contributed by atoms with Crippen LogP contribution in [0.4, 0.5) is 0 Å². The zero-order chi connectivity index (χ0) is 7.98. The molecule has 3 heteroatoms. The molecule has 0 radical (unpaired) electrons. The highest BCUT2D eigenvalue weighted by atomic mass is 32.2. The molecule has 0 rings (SSSR count). The smallest absolute Gasteiger partial charge is 0.149 e. The van der Waals surface area contributed by atoms with Crippen LogP contribution in [-0.2, 0) is 4.79 Å². The lowest BCUT2D eigenvalue weighted by atomic mass is 10.1. The molecule has 10 heavy (non-hydrogen) atoms. The van der Waals surface area contributed by atoms with E-state index in [0.29, 0.717) is 6.42 Å². The number of rotatable bonds is 5. The first-order valence-electron chi connectivity index (χ1n) is 3.49. The molecule has 2 nitrogen and oxygen atoms in total. The first-order chi connectivity index (χ1) is 4.72. The molecule has 0 saturated heterocycles. The van der Waals surface area contributed by atoms with E-state index in [1.807, 2.05) is 13.2 Å². The molecule has 0 heterocycles. The topological polar surface area (TPSA) is 43.1 Å². The van der Waals surface area contributed by atoms with E-state index in [9.17, 15) is 4.79 Å². The van der Waals surface area contributed by atoms with Crippen molar-refractivity contribution in [2.45, 2.75) is 25.8 Å². The average molecular weight is 161 g/mol. The molecule has 0 aliphatic rings. The van der Waals surface area contributed by atoms with Gasteiger partial charge >= 0.3 is 0 Å². The Morgan fingerprint density at radius 3 is 2.70 bits per heavy atom. The van der Waals surface area contributed by atoms with E-state index >= 15 is 0 Å². The van der Waals surface area contributed by atoms with Gasteiger partial charge in [-0.15, -0.1) is 0 Å². The van der Waals surface area contributed by atoms with Crippen LogP contribution in [0.15, 0.2) is 0 Å². The van der Waals surface area contributed by atoms with Crippen LogP contribution in [0.3, 0.4) is 0 Å². The number of carbonyl (C=O) groups is 1. The molecule has 0 unspecified atom stereocenters. The van der Waals surface area contributed by atoms with Gasteiger partial charge in [-0.05, 0) is 18.4 Å². The zero-order valence-corrected chi connectivity index (χ0v) is 7.41. The third-order valence-electron chi connectivity index (χ3n) is 1.40. The molecule has 2 N–H and O–H groups in total. The van der Waals surface area contributed by atoms with E-state index in [0.717, 1.165) is 12.2 Å². The Kier molecular flexibility index (Phi) is 5.73. The summed E-state index contributed by atoms with van der Waals surface area (Å²) in [6, 6.07) is -0.225. The van der Waals surface area contributed by atoms with E-state index in [2.05, 4.69) is 0 Å². The lowest BCUT2D eigenvalue weighted by molar-refractivity contribution is -0.120. The summed E-state index contributed by atoms with van der Waals surface area (Å²) in [4.78, 5) is 10.9. The average Bonchev–Trinajstić information content (AvgIpc) is 1.98. The first kappa shape index (κ1) is 9.98. The van der Waals surface area contributed by atoms with Crippen LogP contribution >= 0.6 is 11.8 Å². The Hall–Kier alpha value is -0.0200. The molecule has 0 amide bonds. The van der Waals surface area contributed by atoms with Gasteiger partial charge in [0.15, 0.2) is 0 Å². The predicted molar refractivity (Wildman–Crippen MR) is 46.3 cm³/mol. The maximum absolute atomic E-state index is 10.9. The fourth-order valence-corrected chi connectivity index (χ4v) is 1.16. The molecule has 1 atom stereocenters. The van der Waals surface area contributed by atoms with Crippen LogP contribution < -0.4 is 5.73 Å². The first-order valence-corrected chi connectivity index (χ1v) is 4.89. The van der Waals surface area contributed by atoms with E-state index in [-0.39, 0.29) is 11.8 Å². The Morgan fingerprint density at radius 2 is 2.30 bits per heavy atom. The molecular formula is C7H15NOS. The summed E-state index contributed by atoms with van der Waals surface area (Å²) in [5.41, 5.74) is 5.55. The summed E-state index contributed by atoms with van der Waals surface area (Å²) < 4.78 is 0. The molecule has 0 aromatic rings. The number of hydrogen-bond acceptors (Lipinski definition) is 3. The Labute approximate surface area is 66.6 Å². The van der Waals surface area contributed by atoms with E-state index in [1.165, 1.54) is 0 Å². The van der Waals surface area contributed by atoms with Crippen LogP contribution in [0.5, 0.6) is 0 Å². The van der Waals surface area contributed by atoms with Crippen molar-refractivity contribution < 1.29 is 4.79 Å². The SMILES string of the molecule is CCC(=O)[C@H](N)CCSC. The van der Waals surface area contributed by atoms with Gasteiger partial charge in [-0.1, -0.05) is 6.92 Å². The quantitative estimate of drug-likeness (QED) is 0.655. The summed E-state index contributed by atoms with van der Waals surface area (Å²) in [5, 5.41) is 0. The second-order valence-corrected chi connectivity index (χ2v) is 3.19. The van der Waals surface area contributed by atoms with Crippen molar-refractivity contribution >= 4 is 17.5 Å². The second-order valence-electron chi connectivity index (χ2n) is 2.21. The number of hydrogen-bond donors (Lipinski definition) is 1. The van der Waals surface area contributed by atoms with Crippen molar-refractivity contribution in [2.24, 2.45) is 5.73 Å². The maximum atomic E-state index is 10.9. The Morgan fingerprint density at radius 1 is 1.70 bits per heavy atom. The van der Waals surface area contributed by atoms with Crippen LogP contribution in [0.25, 0.3) is 0 Å². The third-order valence-corrected chi connectivity index (χ3v) is 2.04. The van der Waals surface area contributed by atoms with Crippen LogP contribution in [0, 0.1) is 0 Å². The minimum atomic E-state index is -0.225. The molecule has 0 aliphatic heterocycles. The fraction of sp³-hybridized carbons (Fsp3) is 0.857. The molecule has 0 fully saturated rings. The summed E-state index contributed by atoms with van der Waals surface area (Å²) in [7, 11) is 0. The lowest BCUT2D eigenvalue weighted by Gasteiger charge is -2.06. The highest BCUT2D eigenvalue weighted by Gasteiger charge is 2.09. The number of ketones is 1. The Balaban J connectivity index is 3.41. The van der Waals surface area contributed by atoms with Gasteiger partial charge in [0.05, 0.1) is 6.04 Å². The zero-order valence-electron chi connectivity index (χ0n) is 6.59. The van der Waals surface area contributed by atoms with Gasteiger partial charge in [-0.3, -0.25) is 4.79 Å². The molecule has 0 aromatic carbocycles. The molecule has 0 spiro atoms. The van der Waals surface area contributed by atoms with Gasteiger partial charge < -0.3 is 5.73 Å². The normalized spacial score (nSPS) is 13.1. The number of nitrogens with two attached hydrogens (primary N) is 1. The van der Waals surface area contributed by atoms with Gasteiger partial charge in [0.2, 0.25) is 0 Å². The van der Waals surface area contributed by atoms with Crippen molar-refractivity contribution in [3.63, 3.8) is 0 Å². The van der Waals surface area contributed by atoms with Crippen molar-refractivity contribution in [2.75, 3.05) is 12.0 Å². The van der Waals surface area contributed by atoms with Crippen LogP contribution in [-0.4, -0.2) is 23.8 Å². The van der Waals surface area contributed by atoms with E-state index < -0.39 is 0 Å². The lowest BCUT2D eigenvalue weighted by Crippen LogP contribution is -2.30. The second kappa shape index (κ2) is 5.74. The molecule has 0 aliphatic carbocycles. The Bertz CT molecular complexity index is 106. The minimum absolute atomic E-state index is 0.175. The van der Waals surface area contributed by atoms with Crippen LogP contribution in [0.2, 0.25) is 0 Å². The molecule has 0 saturated carbocycles. The summed E-state index contributed by atoms with van der Waals surface area (Å²) in [5.74, 6) is 1.15. The van der Waals surface area contributed by atoms with Gasteiger partial charge in [-0.25, -0.2) is 0 Å². The number of carbonyl (C=O) groups excluding carboxylic acids is 1.